The largest absolute Gasteiger partial charge is 0.481 e. The summed E-state index contributed by atoms with van der Waals surface area (Å²) in [6.07, 6.45) is 2.63. The number of anilines is 2. The molecule has 0 atom stereocenters. The van der Waals surface area contributed by atoms with Crippen LogP contribution in [-0.2, 0) is 11.3 Å². The Morgan fingerprint density at radius 1 is 1.19 bits per heavy atom. The van der Waals surface area contributed by atoms with Crippen LogP contribution >= 0.6 is 0 Å². The van der Waals surface area contributed by atoms with Crippen LogP contribution in [0.3, 0.4) is 0 Å². The van der Waals surface area contributed by atoms with Crippen LogP contribution in [0.1, 0.15) is 36.7 Å². The highest BCUT2D eigenvalue weighted by Crippen LogP contribution is 2.32. The lowest BCUT2D eigenvalue weighted by Crippen LogP contribution is -2.43. The van der Waals surface area contributed by atoms with Gasteiger partial charge in [-0.1, -0.05) is 18.2 Å². The van der Waals surface area contributed by atoms with E-state index in [9.17, 15) is 15.2 Å². The number of hydrogen-bond acceptors (Lipinski definition) is 10. The second kappa shape index (κ2) is 10.8. The number of aliphatic carboxylic acids is 1. The summed E-state index contributed by atoms with van der Waals surface area (Å²) in [6, 6.07) is 16.5. The number of carboxylic acid groups (broad SMARTS) is 1. The van der Waals surface area contributed by atoms with Gasteiger partial charge in [0.1, 0.15) is 11.5 Å². The van der Waals surface area contributed by atoms with Crippen LogP contribution in [0.2, 0.25) is 0 Å². The third kappa shape index (κ3) is 5.87. The van der Waals surface area contributed by atoms with E-state index in [0.29, 0.717) is 54.2 Å². The summed E-state index contributed by atoms with van der Waals surface area (Å²) in [6.45, 7) is 3.33. The monoisotopic (exact) mass is 497 g/mol. The number of rotatable bonds is 7. The lowest BCUT2D eigenvalue weighted by atomic mass is 9.80. The van der Waals surface area contributed by atoms with Crippen molar-refractivity contribution in [3.05, 3.63) is 65.5 Å². The molecule has 1 fully saturated rings. The molecule has 0 bridgehead atoms. The summed E-state index contributed by atoms with van der Waals surface area (Å²) in [4.78, 5) is 31.2. The van der Waals surface area contributed by atoms with Crippen molar-refractivity contribution in [3.8, 4) is 17.3 Å². The SMILES string of the molecule is CC1(C(=O)O)CCN(c2cccc(CN=C/C(=N\N)c3cc(-c4cccc(C#N)c4)nc(N)n3)n2)CC1. The predicted octanol–water partition coefficient (Wildman–Crippen LogP) is 2.62. The number of nitrogens with two attached hydrogens (primary N) is 2. The van der Waals surface area contributed by atoms with Gasteiger partial charge >= 0.3 is 5.97 Å². The van der Waals surface area contributed by atoms with Crippen LogP contribution in [0.15, 0.2) is 58.6 Å². The second-order valence-electron chi connectivity index (χ2n) is 9.01. The third-order valence-corrected chi connectivity index (χ3v) is 6.40. The van der Waals surface area contributed by atoms with Crippen molar-refractivity contribution in [1.29, 1.82) is 5.26 Å². The van der Waals surface area contributed by atoms with E-state index >= 15 is 0 Å². The van der Waals surface area contributed by atoms with Crippen LogP contribution in [0.25, 0.3) is 11.3 Å². The van der Waals surface area contributed by atoms with Crippen LogP contribution in [0, 0.1) is 16.7 Å². The van der Waals surface area contributed by atoms with Gasteiger partial charge < -0.3 is 21.6 Å². The standard InChI is InChI=1S/C26H27N9O2/c1-26(24(36)37)8-10-35(11-9-26)23-7-3-6-19(31-23)15-30-16-22(34-29)21-13-20(32-25(28)33-21)18-5-2-4-17(12-18)14-27/h2-7,12-13,16H,8-11,15,29H2,1H3,(H,36,37)(H2,28,32,33)/b30-16?,34-22+. The van der Waals surface area contributed by atoms with E-state index in [-0.39, 0.29) is 12.5 Å². The minimum Gasteiger partial charge on any atom is -0.481 e. The normalized spacial score (nSPS) is 15.5. The van der Waals surface area contributed by atoms with Gasteiger partial charge in [0, 0.05) is 18.7 Å². The number of hydrogen-bond donors (Lipinski definition) is 3. The maximum absolute atomic E-state index is 11.5. The van der Waals surface area contributed by atoms with Crippen molar-refractivity contribution in [1.82, 2.24) is 15.0 Å². The van der Waals surface area contributed by atoms with Gasteiger partial charge in [-0.2, -0.15) is 10.4 Å². The van der Waals surface area contributed by atoms with Gasteiger partial charge in [-0.3, -0.25) is 9.79 Å². The molecule has 188 valence electrons. The molecule has 0 spiro atoms. The van der Waals surface area contributed by atoms with E-state index in [1.54, 1.807) is 31.2 Å². The van der Waals surface area contributed by atoms with Crippen LogP contribution in [0.4, 0.5) is 11.8 Å². The molecule has 0 amide bonds. The van der Waals surface area contributed by atoms with Crippen molar-refractivity contribution in [2.45, 2.75) is 26.3 Å². The van der Waals surface area contributed by atoms with Crippen molar-refractivity contribution in [2.24, 2.45) is 21.4 Å². The first-order valence-electron chi connectivity index (χ1n) is 11.7. The molecule has 2 aromatic heterocycles. The Morgan fingerprint density at radius 3 is 2.65 bits per heavy atom. The molecule has 0 radical (unpaired) electrons. The number of carbonyl (C=O) groups is 1. The molecule has 1 saturated heterocycles. The summed E-state index contributed by atoms with van der Waals surface area (Å²) < 4.78 is 0. The second-order valence-corrected chi connectivity index (χ2v) is 9.01. The lowest BCUT2D eigenvalue weighted by molar-refractivity contribution is -0.149. The van der Waals surface area contributed by atoms with Crippen LogP contribution in [0.5, 0.6) is 0 Å². The fourth-order valence-corrected chi connectivity index (χ4v) is 4.06. The molecule has 4 rings (SSSR count). The average molecular weight is 498 g/mol. The summed E-state index contributed by atoms with van der Waals surface area (Å²) in [7, 11) is 0. The molecular weight excluding hydrogens is 470 g/mol. The molecule has 1 aliphatic rings. The van der Waals surface area contributed by atoms with Gasteiger partial charge in [-0.25, -0.2) is 15.0 Å². The first-order chi connectivity index (χ1) is 17.8. The molecule has 0 saturated carbocycles. The number of piperidine rings is 1. The average Bonchev–Trinajstić information content (AvgIpc) is 2.91. The number of hydrazone groups is 1. The van der Waals surface area contributed by atoms with Gasteiger partial charge in [0.05, 0.1) is 46.9 Å². The lowest BCUT2D eigenvalue weighted by Gasteiger charge is -2.37. The molecule has 37 heavy (non-hydrogen) atoms. The first-order valence-corrected chi connectivity index (χ1v) is 11.7. The van der Waals surface area contributed by atoms with Gasteiger partial charge in [0.25, 0.3) is 0 Å². The molecular formula is C26H27N9O2. The number of pyridine rings is 1. The van der Waals surface area contributed by atoms with E-state index in [1.807, 2.05) is 24.3 Å². The van der Waals surface area contributed by atoms with Crippen molar-refractivity contribution in [3.63, 3.8) is 0 Å². The highest BCUT2D eigenvalue weighted by molar-refractivity contribution is 6.37. The summed E-state index contributed by atoms with van der Waals surface area (Å²) >= 11 is 0. The quantitative estimate of drug-likeness (QED) is 0.251. The Morgan fingerprint density at radius 2 is 1.95 bits per heavy atom. The topological polar surface area (TPSA) is 180 Å². The summed E-state index contributed by atoms with van der Waals surface area (Å²) in [5, 5.41) is 22.4. The summed E-state index contributed by atoms with van der Waals surface area (Å²) in [5.41, 5.74) is 8.43. The third-order valence-electron chi connectivity index (χ3n) is 6.40. The molecule has 11 heteroatoms. The molecule has 0 unspecified atom stereocenters. The molecule has 11 nitrogen and oxygen atoms in total. The van der Waals surface area contributed by atoms with E-state index in [2.05, 4.69) is 31.0 Å². The fraction of sp³-hybridized carbons (Fsp3) is 0.269. The maximum Gasteiger partial charge on any atom is 0.309 e. The number of benzene rings is 1. The smallest absolute Gasteiger partial charge is 0.309 e. The van der Waals surface area contributed by atoms with Gasteiger partial charge in [-0.05, 0) is 50.1 Å². The van der Waals surface area contributed by atoms with E-state index < -0.39 is 11.4 Å². The van der Waals surface area contributed by atoms with Gasteiger partial charge in [0.15, 0.2) is 0 Å². The minimum absolute atomic E-state index is 0.0410. The number of nitrogens with zero attached hydrogens (tertiary/aromatic N) is 7. The number of nitriles is 1. The first kappa shape index (κ1) is 25.2. The Hall–Kier alpha value is -4.85. The number of carboxylic acids is 1. The van der Waals surface area contributed by atoms with Crippen LogP contribution < -0.4 is 16.5 Å². The Balaban J connectivity index is 1.47. The molecule has 1 aromatic carbocycles. The molecule has 5 N–H and O–H groups in total. The Labute approximate surface area is 214 Å². The van der Waals surface area contributed by atoms with Crippen molar-refractivity contribution < 1.29 is 9.90 Å². The number of nitrogen functional groups attached to an aromatic ring is 1. The molecule has 3 heterocycles. The fourth-order valence-electron chi connectivity index (χ4n) is 4.06. The van der Waals surface area contributed by atoms with Crippen molar-refractivity contribution >= 4 is 29.7 Å². The van der Waals surface area contributed by atoms with Gasteiger partial charge in [0.2, 0.25) is 5.95 Å². The summed E-state index contributed by atoms with van der Waals surface area (Å²) in [5.74, 6) is 5.70. The molecule has 0 aliphatic carbocycles. The van der Waals surface area contributed by atoms with Gasteiger partial charge in [-0.15, -0.1) is 0 Å². The highest BCUT2D eigenvalue weighted by Gasteiger charge is 2.37. The zero-order valence-electron chi connectivity index (χ0n) is 20.4. The van der Waals surface area contributed by atoms with E-state index in [0.717, 1.165) is 11.5 Å². The maximum atomic E-state index is 11.5. The van der Waals surface area contributed by atoms with E-state index in [4.69, 9.17) is 16.6 Å². The van der Waals surface area contributed by atoms with E-state index in [1.165, 1.54) is 6.21 Å². The van der Waals surface area contributed by atoms with Crippen molar-refractivity contribution in [2.75, 3.05) is 23.7 Å². The van der Waals surface area contributed by atoms with Crippen LogP contribution in [-0.4, -0.2) is 51.0 Å². The zero-order valence-corrected chi connectivity index (χ0v) is 20.4. The zero-order chi connectivity index (χ0) is 26.4. The molecule has 3 aromatic rings. The molecule has 1 aliphatic heterocycles. The Kier molecular flexibility index (Phi) is 7.39. The number of aliphatic imine (C=N–C) groups is 1. The predicted molar refractivity (Wildman–Crippen MR) is 141 cm³/mol. The number of aromatic nitrogens is 3. The Bertz CT molecular complexity index is 1400. The highest BCUT2D eigenvalue weighted by atomic mass is 16.4. The minimum atomic E-state index is -0.756.